The Bertz CT molecular complexity index is 918. The van der Waals surface area contributed by atoms with E-state index in [9.17, 15) is 14.7 Å². The predicted octanol–water partition coefficient (Wildman–Crippen LogP) is 5.51. The number of aliphatic carboxylic acids is 1. The molecule has 6 heteroatoms. The second-order valence-electron chi connectivity index (χ2n) is 11.2. The van der Waals surface area contributed by atoms with E-state index in [1.54, 1.807) is 0 Å². The highest BCUT2D eigenvalue weighted by atomic mass is 16.5. The summed E-state index contributed by atoms with van der Waals surface area (Å²) < 4.78 is 5.68. The fourth-order valence-electron chi connectivity index (χ4n) is 5.91. The van der Waals surface area contributed by atoms with Crippen molar-refractivity contribution in [3.8, 4) is 5.75 Å². The lowest BCUT2D eigenvalue weighted by molar-refractivity contribution is -0.144. The van der Waals surface area contributed by atoms with Crippen molar-refractivity contribution in [1.29, 1.82) is 0 Å². The Hall–Kier alpha value is -2.34. The number of hydrogen-bond donors (Lipinski definition) is 1. The number of ether oxygens (including phenoxy) is 1. The smallest absolute Gasteiger partial charge is 0.308 e. The molecule has 2 aliphatic rings. The minimum atomic E-state index is -0.776. The van der Waals surface area contributed by atoms with Crippen LogP contribution in [-0.4, -0.2) is 65.6 Å². The molecule has 1 aromatic rings. The first kappa shape index (κ1) is 28.2. The molecule has 1 saturated heterocycles. The second-order valence-corrected chi connectivity index (χ2v) is 11.2. The van der Waals surface area contributed by atoms with Gasteiger partial charge in [-0.25, -0.2) is 0 Å². The third kappa shape index (κ3) is 6.90. The van der Waals surface area contributed by atoms with Gasteiger partial charge in [-0.3, -0.25) is 14.5 Å². The van der Waals surface area contributed by atoms with Crippen LogP contribution < -0.4 is 4.74 Å². The number of hydrogen-bond acceptors (Lipinski definition) is 4. The lowest BCUT2D eigenvalue weighted by Crippen LogP contribution is -2.45. The molecule has 36 heavy (non-hydrogen) atoms. The normalized spacial score (nSPS) is 22.1. The lowest BCUT2D eigenvalue weighted by Gasteiger charge is -2.34. The molecule has 0 bridgehead atoms. The fraction of sp³-hybridized carbons (Fsp3) is 0.667. The number of amides is 1. The zero-order chi connectivity index (χ0) is 26.3. The van der Waals surface area contributed by atoms with Crippen LogP contribution in [0.1, 0.15) is 83.8 Å². The highest BCUT2D eigenvalue weighted by Gasteiger charge is 2.48. The fourth-order valence-corrected chi connectivity index (χ4v) is 5.91. The zero-order valence-corrected chi connectivity index (χ0v) is 23.0. The van der Waals surface area contributed by atoms with E-state index < -0.39 is 11.9 Å². The zero-order valence-electron chi connectivity index (χ0n) is 23.0. The topological polar surface area (TPSA) is 70.1 Å². The Morgan fingerprint density at radius 1 is 1.19 bits per heavy atom. The van der Waals surface area contributed by atoms with Crippen LogP contribution in [0.3, 0.4) is 0 Å². The Morgan fingerprint density at radius 3 is 2.50 bits per heavy atom. The van der Waals surface area contributed by atoms with Crippen molar-refractivity contribution < 1.29 is 19.4 Å². The quantitative estimate of drug-likeness (QED) is 0.363. The van der Waals surface area contributed by atoms with E-state index in [1.165, 1.54) is 0 Å². The molecule has 0 saturated carbocycles. The van der Waals surface area contributed by atoms with Gasteiger partial charge in [-0.15, -0.1) is 0 Å². The molecule has 0 aromatic heterocycles. The predicted molar refractivity (Wildman–Crippen MR) is 144 cm³/mol. The van der Waals surface area contributed by atoms with Crippen LogP contribution >= 0.6 is 0 Å². The molecule has 2 heterocycles. The van der Waals surface area contributed by atoms with Crippen molar-refractivity contribution >= 4 is 11.9 Å². The molecule has 3 atom stereocenters. The van der Waals surface area contributed by atoms with Gasteiger partial charge in [0, 0.05) is 38.0 Å². The SMILES string of the molecule is C/C=C/C(C)(C)C[C@H]1[C@H](C(=O)O)[C@@H](c2ccc3c(c2)CCO3)CN1CC(=O)N(CCCC)CCCC. The van der Waals surface area contributed by atoms with Gasteiger partial charge in [0.05, 0.1) is 19.1 Å². The Kier molecular flexibility index (Phi) is 10.0. The standard InChI is InChI=1S/C30H46N2O4/c1-6-9-15-31(16-10-7-2)27(33)21-32-20-24(22-11-12-26-23(18-22)13-17-36-26)28(29(34)35)25(32)19-30(4,5)14-8-3/h8,11-12,14,18,24-25,28H,6-7,9-10,13,15-17,19-21H2,1-5H3,(H,34,35)/b14-8+/t24-,25+,28-/m1/s1. The number of carbonyl (C=O) groups is 2. The Morgan fingerprint density at radius 2 is 1.89 bits per heavy atom. The van der Waals surface area contributed by atoms with Gasteiger partial charge >= 0.3 is 5.97 Å². The number of rotatable bonds is 13. The summed E-state index contributed by atoms with van der Waals surface area (Å²) in [5.41, 5.74) is 2.03. The van der Waals surface area contributed by atoms with Crippen molar-refractivity contribution in [3.05, 3.63) is 41.5 Å². The molecule has 0 unspecified atom stereocenters. The van der Waals surface area contributed by atoms with Crippen LogP contribution in [0.2, 0.25) is 0 Å². The van der Waals surface area contributed by atoms with E-state index in [4.69, 9.17) is 4.74 Å². The number of nitrogens with zero attached hydrogens (tertiary/aromatic N) is 2. The van der Waals surface area contributed by atoms with Crippen molar-refractivity contribution in [3.63, 3.8) is 0 Å². The number of allylic oxidation sites excluding steroid dienone is 2. The molecule has 1 amide bonds. The van der Waals surface area contributed by atoms with Gasteiger partial charge in [-0.1, -0.05) is 64.8 Å². The molecule has 1 N–H and O–H groups in total. The largest absolute Gasteiger partial charge is 0.493 e. The average Bonchev–Trinajstić information content (AvgIpc) is 3.43. The van der Waals surface area contributed by atoms with Crippen molar-refractivity contribution in [2.75, 3.05) is 32.8 Å². The van der Waals surface area contributed by atoms with Crippen molar-refractivity contribution in [2.45, 2.75) is 85.1 Å². The first-order chi connectivity index (χ1) is 17.2. The molecule has 0 aliphatic carbocycles. The highest BCUT2D eigenvalue weighted by molar-refractivity contribution is 5.79. The van der Waals surface area contributed by atoms with Crippen LogP contribution in [-0.2, 0) is 16.0 Å². The molecule has 0 radical (unpaired) electrons. The number of benzene rings is 1. The third-order valence-corrected chi connectivity index (χ3v) is 7.78. The van der Waals surface area contributed by atoms with E-state index in [0.29, 0.717) is 19.6 Å². The molecule has 0 spiro atoms. The summed E-state index contributed by atoms with van der Waals surface area (Å²) in [6.45, 7) is 13.7. The van der Waals surface area contributed by atoms with E-state index in [2.05, 4.69) is 44.7 Å². The van der Waals surface area contributed by atoms with Crippen LogP contribution in [0.5, 0.6) is 5.75 Å². The van der Waals surface area contributed by atoms with Gasteiger partial charge < -0.3 is 14.7 Å². The maximum absolute atomic E-state index is 13.5. The second kappa shape index (κ2) is 12.8. The average molecular weight is 499 g/mol. The van der Waals surface area contributed by atoms with Crippen LogP contribution in [0.25, 0.3) is 0 Å². The summed E-state index contributed by atoms with van der Waals surface area (Å²) in [6.07, 6.45) is 9.81. The number of fused-ring (bicyclic) bond motifs is 1. The highest BCUT2D eigenvalue weighted by Crippen LogP contribution is 2.43. The molecule has 6 nitrogen and oxygen atoms in total. The summed E-state index contributed by atoms with van der Waals surface area (Å²) in [6, 6.07) is 5.93. The van der Waals surface area contributed by atoms with E-state index in [1.807, 2.05) is 30.0 Å². The van der Waals surface area contributed by atoms with Gasteiger partial charge in [0.25, 0.3) is 0 Å². The van der Waals surface area contributed by atoms with E-state index in [-0.39, 0.29) is 29.8 Å². The summed E-state index contributed by atoms with van der Waals surface area (Å²) in [5, 5.41) is 10.5. The first-order valence-corrected chi connectivity index (χ1v) is 13.8. The first-order valence-electron chi connectivity index (χ1n) is 13.8. The number of carbonyl (C=O) groups excluding carboxylic acids is 1. The summed E-state index contributed by atoms with van der Waals surface area (Å²) in [4.78, 5) is 30.5. The number of carboxylic acids is 1. The minimum absolute atomic E-state index is 0.123. The number of likely N-dealkylation sites (tertiary alicyclic amines) is 1. The molecule has 1 fully saturated rings. The molecule has 1 aromatic carbocycles. The van der Waals surface area contributed by atoms with Crippen LogP contribution in [0.4, 0.5) is 0 Å². The van der Waals surface area contributed by atoms with Crippen LogP contribution in [0, 0.1) is 11.3 Å². The van der Waals surface area contributed by atoms with Crippen LogP contribution in [0.15, 0.2) is 30.4 Å². The van der Waals surface area contributed by atoms with Crippen molar-refractivity contribution in [2.24, 2.45) is 11.3 Å². The maximum Gasteiger partial charge on any atom is 0.308 e. The molecule has 2 aliphatic heterocycles. The number of unbranched alkanes of at least 4 members (excludes halogenated alkanes) is 2. The van der Waals surface area contributed by atoms with Gasteiger partial charge in [0.2, 0.25) is 5.91 Å². The minimum Gasteiger partial charge on any atom is -0.493 e. The Labute approximate surface area is 217 Å². The van der Waals surface area contributed by atoms with E-state index in [0.717, 1.165) is 62.1 Å². The monoisotopic (exact) mass is 498 g/mol. The summed E-state index contributed by atoms with van der Waals surface area (Å²) in [5.74, 6) is -0.474. The molecular weight excluding hydrogens is 452 g/mol. The van der Waals surface area contributed by atoms with Crippen molar-refractivity contribution in [1.82, 2.24) is 9.80 Å². The summed E-state index contributed by atoms with van der Waals surface area (Å²) >= 11 is 0. The Balaban J connectivity index is 1.91. The molecule has 3 rings (SSSR count). The van der Waals surface area contributed by atoms with Gasteiger partial charge in [-0.05, 0) is 48.8 Å². The maximum atomic E-state index is 13.5. The number of carboxylic acid groups (broad SMARTS) is 1. The molecule has 200 valence electrons. The van der Waals surface area contributed by atoms with Gasteiger partial charge in [-0.2, -0.15) is 0 Å². The summed E-state index contributed by atoms with van der Waals surface area (Å²) in [7, 11) is 0. The molecular formula is C30H46N2O4. The van der Waals surface area contributed by atoms with E-state index >= 15 is 0 Å². The lowest BCUT2D eigenvalue weighted by atomic mass is 9.77. The van der Waals surface area contributed by atoms with Gasteiger partial charge in [0.1, 0.15) is 5.75 Å². The third-order valence-electron chi connectivity index (χ3n) is 7.78. The van der Waals surface area contributed by atoms with Gasteiger partial charge in [0.15, 0.2) is 0 Å².